The summed E-state index contributed by atoms with van der Waals surface area (Å²) < 4.78 is 7.15. The van der Waals surface area contributed by atoms with Crippen molar-refractivity contribution in [2.45, 2.75) is 12.1 Å². The molecule has 0 atom stereocenters. The van der Waals surface area contributed by atoms with Gasteiger partial charge < -0.3 is 14.6 Å². The molecular weight excluding hydrogens is 400 g/mol. The molecule has 0 fully saturated rings. The number of hydrogen-bond donors (Lipinski definition) is 1. The number of benzene rings is 2. The zero-order valence-corrected chi connectivity index (χ0v) is 16.8. The van der Waals surface area contributed by atoms with Crippen molar-refractivity contribution < 1.29 is 14.3 Å². The number of rotatable bonds is 6. The number of aryl methyl sites for hydroxylation is 2. The third kappa shape index (κ3) is 5.11. The molecule has 0 spiro atoms. The second kappa shape index (κ2) is 8.90. The van der Waals surface area contributed by atoms with Gasteiger partial charge in [-0.3, -0.25) is 4.79 Å². The molecule has 1 heterocycles. The Morgan fingerprint density at radius 1 is 1.25 bits per heavy atom. The fourth-order valence-electron chi connectivity index (χ4n) is 2.34. The maximum absolute atomic E-state index is 12.4. The van der Waals surface area contributed by atoms with Gasteiger partial charge in [0.15, 0.2) is 5.16 Å². The van der Waals surface area contributed by atoms with E-state index in [0.29, 0.717) is 27.2 Å². The second-order valence-corrected chi connectivity index (χ2v) is 7.32. The summed E-state index contributed by atoms with van der Waals surface area (Å²) >= 11 is 7.19. The van der Waals surface area contributed by atoms with Crippen molar-refractivity contribution in [3.63, 3.8) is 0 Å². The Morgan fingerprint density at radius 3 is 2.79 bits per heavy atom. The van der Waals surface area contributed by atoms with Crippen LogP contribution in [0, 0.1) is 6.92 Å². The lowest BCUT2D eigenvalue weighted by molar-refractivity contribution is -0.113. The third-order valence-corrected chi connectivity index (χ3v) is 4.99. The van der Waals surface area contributed by atoms with E-state index in [2.05, 4.69) is 15.5 Å². The summed E-state index contributed by atoms with van der Waals surface area (Å²) in [6.45, 7) is 1.81. The topological polar surface area (TPSA) is 86.1 Å². The van der Waals surface area contributed by atoms with Crippen molar-refractivity contribution in [3.05, 3.63) is 64.9 Å². The van der Waals surface area contributed by atoms with Crippen molar-refractivity contribution in [3.8, 4) is 5.75 Å². The summed E-state index contributed by atoms with van der Waals surface area (Å²) in [5.74, 6) is -0.128. The lowest BCUT2D eigenvalue weighted by Crippen LogP contribution is -2.15. The number of amides is 1. The van der Waals surface area contributed by atoms with E-state index >= 15 is 0 Å². The third-order valence-electron chi connectivity index (χ3n) is 3.72. The number of carbonyl (C=O) groups is 2. The number of halogens is 1. The van der Waals surface area contributed by atoms with Crippen molar-refractivity contribution in [1.29, 1.82) is 0 Å². The van der Waals surface area contributed by atoms with Gasteiger partial charge in [0.25, 0.3) is 0 Å². The first-order chi connectivity index (χ1) is 13.4. The zero-order valence-electron chi connectivity index (χ0n) is 15.2. The molecule has 0 aliphatic rings. The summed E-state index contributed by atoms with van der Waals surface area (Å²) in [4.78, 5) is 24.6. The Bertz CT molecular complexity index is 1020. The summed E-state index contributed by atoms with van der Waals surface area (Å²) in [5, 5.41) is 11.6. The molecule has 0 unspecified atom stereocenters. The molecule has 0 bridgehead atoms. The normalized spacial score (nSPS) is 10.5. The molecule has 3 aromatic rings. The molecule has 2 aromatic carbocycles. The Kier molecular flexibility index (Phi) is 6.33. The van der Waals surface area contributed by atoms with E-state index in [4.69, 9.17) is 16.3 Å². The predicted molar refractivity (Wildman–Crippen MR) is 108 cm³/mol. The van der Waals surface area contributed by atoms with Crippen LogP contribution in [0.2, 0.25) is 5.02 Å². The minimum absolute atomic E-state index is 0.172. The number of carbonyl (C=O) groups excluding carboxylic acids is 2. The number of ether oxygens (including phenoxy) is 1. The molecule has 0 aliphatic carbocycles. The molecule has 0 saturated carbocycles. The van der Waals surface area contributed by atoms with Gasteiger partial charge in [-0.1, -0.05) is 29.4 Å². The van der Waals surface area contributed by atoms with Crippen LogP contribution in [0.3, 0.4) is 0 Å². The quantitative estimate of drug-likeness (QED) is 0.374. The molecule has 28 heavy (non-hydrogen) atoms. The number of nitrogens with zero attached hydrogens (tertiary/aromatic N) is 3. The van der Waals surface area contributed by atoms with E-state index in [9.17, 15) is 9.59 Å². The van der Waals surface area contributed by atoms with E-state index in [1.165, 1.54) is 11.8 Å². The smallest absolute Gasteiger partial charge is 0.343 e. The number of hydrogen-bond acceptors (Lipinski definition) is 6. The largest absolute Gasteiger partial charge is 0.423 e. The van der Waals surface area contributed by atoms with Crippen LogP contribution in [0.5, 0.6) is 5.75 Å². The summed E-state index contributed by atoms with van der Waals surface area (Å²) in [5.41, 5.74) is 1.59. The highest BCUT2D eigenvalue weighted by Gasteiger charge is 2.13. The molecule has 9 heteroatoms. The maximum Gasteiger partial charge on any atom is 0.343 e. The summed E-state index contributed by atoms with van der Waals surface area (Å²) in [7, 11) is 1.80. The fourth-order valence-corrected chi connectivity index (χ4v) is 3.26. The van der Waals surface area contributed by atoms with Crippen molar-refractivity contribution >= 4 is 40.9 Å². The maximum atomic E-state index is 12.4. The van der Waals surface area contributed by atoms with E-state index in [0.717, 1.165) is 5.56 Å². The van der Waals surface area contributed by atoms with Crippen LogP contribution < -0.4 is 10.1 Å². The molecule has 0 saturated heterocycles. The van der Waals surface area contributed by atoms with Crippen LogP contribution in [0.4, 0.5) is 5.69 Å². The molecule has 1 N–H and O–H groups in total. The van der Waals surface area contributed by atoms with Crippen LogP contribution >= 0.6 is 23.4 Å². The summed E-state index contributed by atoms with van der Waals surface area (Å²) in [6.07, 6.45) is 1.57. The van der Waals surface area contributed by atoms with Gasteiger partial charge in [-0.25, -0.2) is 4.79 Å². The van der Waals surface area contributed by atoms with Gasteiger partial charge in [-0.05, 0) is 48.9 Å². The Morgan fingerprint density at radius 2 is 2.07 bits per heavy atom. The lowest BCUT2D eigenvalue weighted by atomic mass is 10.2. The SMILES string of the molecule is Cc1cc(Cl)ccc1OC(=O)c1cccc(NC(=O)CSc2nncn2C)c1. The van der Waals surface area contributed by atoms with E-state index in [1.807, 2.05) is 0 Å². The highest BCUT2D eigenvalue weighted by molar-refractivity contribution is 7.99. The number of anilines is 1. The van der Waals surface area contributed by atoms with Gasteiger partial charge in [0, 0.05) is 17.8 Å². The zero-order chi connectivity index (χ0) is 20.1. The molecule has 0 aliphatic heterocycles. The van der Waals surface area contributed by atoms with Gasteiger partial charge >= 0.3 is 5.97 Å². The van der Waals surface area contributed by atoms with E-state index in [-0.39, 0.29) is 11.7 Å². The van der Waals surface area contributed by atoms with Gasteiger partial charge in [-0.15, -0.1) is 10.2 Å². The average molecular weight is 417 g/mol. The molecule has 3 rings (SSSR count). The van der Waals surface area contributed by atoms with Gasteiger partial charge in [0.1, 0.15) is 12.1 Å². The highest BCUT2D eigenvalue weighted by Crippen LogP contribution is 2.23. The molecule has 7 nitrogen and oxygen atoms in total. The highest BCUT2D eigenvalue weighted by atomic mass is 35.5. The fraction of sp³-hybridized carbons (Fsp3) is 0.158. The molecular formula is C19H17ClN4O3S. The Labute approximate surface area is 171 Å². The minimum Gasteiger partial charge on any atom is -0.423 e. The van der Waals surface area contributed by atoms with Crippen LogP contribution in [0.1, 0.15) is 15.9 Å². The standard InChI is InChI=1S/C19H17ClN4O3S/c1-12-8-14(20)6-7-16(12)27-18(26)13-4-3-5-15(9-13)22-17(25)10-28-19-23-21-11-24(19)2/h3-9,11H,10H2,1-2H3,(H,22,25). The Balaban J connectivity index is 1.62. The van der Waals surface area contributed by atoms with Gasteiger partial charge in [0.05, 0.1) is 11.3 Å². The van der Waals surface area contributed by atoms with E-state index in [1.54, 1.807) is 67.3 Å². The number of nitrogens with one attached hydrogen (secondary N) is 1. The predicted octanol–water partition coefficient (Wildman–Crippen LogP) is 3.73. The minimum atomic E-state index is -0.519. The first-order valence-corrected chi connectivity index (χ1v) is 9.64. The van der Waals surface area contributed by atoms with E-state index < -0.39 is 5.97 Å². The van der Waals surface area contributed by atoms with Crippen molar-refractivity contribution in [2.24, 2.45) is 7.05 Å². The first-order valence-electron chi connectivity index (χ1n) is 8.27. The van der Waals surface area contributed by atoms with Crippen LogP contribution in [-0.4, -0.2) is 32.4 Å². The van der Waals surface area contributed by atoms with Crippen LogP contribution in [0.25, 0.3) is 0 Å². The van der Waals surface area contributed by atoms with Crippen molar-refractivity contribution in [1.82, 2.24) is 14.8 Å². The van der Waals surface area contributed by atoms with Crippen LogP contribution in [0.15, 0.2) is 53.9 Å². The molecule has 1 aromatic heterocycles. The number of esters is 1. The second-order valence-electron chi connectivity index (χ2n) is 5.94. The molecule has 1 amide bonds. The monoisotopic (exact) mass is 416 g/mol. The van der Waals surface area contributed by atoms with Crippen LogP contribution in [-0.2, 0) is 11.8 Å². The van der Waals surface area contributed by atoms with Gasteiger partial charge in [0.2, 0.25) is 5.91 Å². The Hall–Kier alpha value is -2.84. The molecule has 144 valence electrons. The average Bonchev–Trinajstić information content (AvgIpc) is 3.07. The number of aromatic nitrogens is 3. The lowest BCUT2D eigenvalue weighted by Gasteiger charge is -2.09. The van der Waals surface area contributed by atoms with Gasteiger partial charge in [-0.2, -0.15) is 0 Å². The first kappa shape index (κ1) is 19.9. The van der Waals surface area contributed by atoms with Crippen molar-refractivity contribution in [2.75, 3.05) is 11.1 Å². The molecule has 0 radical (unpaired) electrons. The summed E-state index contributed by atoms with van der Waals surface area (Å²) in [6, 6.07) is 11.6. The number of thioether (sulfide) groups is 1.